The van der Waals surface area contributed by atoms with Crippen molar-refractivity contribution in [3.05, 3.63) is 34.6 Å². The monoisotopic (exact) mass is 171 g/mol. The van der Waals surface area contributed by atoms with E-state index < -0.39 is 0 Å². The van der Waals surface area contributed by atoms with Crippen molar-refractivity contribution in [2.24, 2.45) is 10.2 Å². The van der Waals surface area contributed by atoms with Crippen LogP contribution < -0.4 is 5.56 Å². The summed E-state index contributed by atoms with van der Waals surface area (Å²) in [6, 6.07) is 7.56. The first-order valence-electron chi connectivity index (χ1n) is 3.93. The molecule has 1 aliphatic rings. The number of aromatic amines is 1. The lowest BCUT2D eigenvalue weighted by atomic mass is 10.1. The molecule has 4 heteroatoms. The van der Waals surface area contributed by atoms with Gasteiger partial charge in [-0.3, -0.25) is 4.79 Å². The summed E-state index contributed by atoms with van der Waals surface area (Å²) in [6.07, 6.45) is 0. The van der Waals surface area contributed by atoms with E-state index in [-0.39, 0.29) is 5.56 Å². The molecule has 0 saturated heterocycles. The molecule has 0 amide bonds. The quantitative estimate of drug-likeness (QED) is 0.554. The van der Waals surface area contributed by atoms with Crippen molar-refractivity contribution >= 4 is 22.3 Å². The van der Waals surface area contributed by atoms with Crippen LogP contribution in [0.15, 0.2) is 39.3 Å². The molecular weight excluding hydrogens is 166 g/mol. The fourth-order valence-corrected chi connectivity index (χ4v) is 1.46. The maximum atomic E-state index is 11.3. The van der Waals surface area contributed by atoms with Crippen LogP contribution in [0.3, 0.4) is 0 Å². The molecular formula is C9H5N3O. The summed E-state index contributed by atoms with van der Waals surface area (Å²) in [7, 11) is 0. The van der Waals surface area contributed by atoms with Gasteiger partial charge in [0.2, 0.25) is 0 Å². The highest BCUT2D eigenvalue weighted by atomic mass is 16.1. The average Bonchev–Trinajstić information content (AvgIpc) is 2.04. The zero-order valence-corrected chi connectivity index (χ0v) is 6.61. The minimum Gasteiger partial charge on any atom is -0.320 e. The molecule has 13 heavy (non-hydrogen) atoms. The van der Waals surface area contributed by atoms with E-state index in [1.165, 1.54) is 0 Å². The van der Waals surface area contributed by atoms with Crippen molar-refractivity contribution in [3.63, 3.8) is 0 Å². The van der Waals surface area contributed by atoms with Crippen LogP contribution in [0.2, 0.25) is 0 Å². The fraction of sp³-hybridized carbons (Fsp3) is 0. The number of para-hydroxylation sites is 1. The van der Waals surface area contributed by atoms with Crippen LogP contribution in [-0.2, 0) is 0 Å². The third kappa shape index (κ3) is 0.717. The van der Waals surface area contributed by atoms with Crippen molar-refractivity contribution < 1.29 is 0 Å². The normalized spacial score (nSPS) is 12.6. The number of nitrogens with one attached hydrogen (secondary N) is 1. The molecule has 2 heterocycles. The molecule has 0 aliphatic carbocycles. The Morgan fingerprint density at radius 3 is 2.62 bits per heavy atom. The second-order valence-electron chi connectivity index (χ2n) is 2.90. The second kappa shape index (κ2) is 2.04. The summed E-state index contributed by atoms with van der Waals surface area (Å²) < 4.78 is 0. The van der Waals surface area contributed by atoms with Gasteiger partial charge in [-0.05, 0) is 6.07 Å². The molecule has 62 valence electrons. The number of pyridine rings is 1. The lowest BCUT2D eigenvalue weighted by molar-refractivity contribution is 1.10. The lowest BCUT2D eigenvalue weighted by Crippen LogP contribution is -2.07. The van der Waals surface area contributed by atoms with Crippen LogP contribution in [0.25, 0.3) is 10.9 Å². The molecule has 1 aromatic carbocycles. The second-order valence-corrected chi connectivity index (χ2v) is 2.90. The van der Waals surface area contributed by atoms with Crippen LogP contribution in [0.5, 0.6) is 0 Å². The number of H-pyrrole nitrogens is 1. The number of rotatable bonds is 0. The van der Waals surface area contributed by atoms with Crippen molar-refractivity contribution in [2.45, 2.75) is 0 Å². The van der Waals surface area contributed by atoms with Gasteiger partial charge in [0.25, 0.3) is 5.56 Å². The molecule has 1 aromatic heterocycles. The molecule has 0 unspecified atom stereocenters. The maximum absolute atomic E-state index is 11.3. The highest BCUT2D eigenvalue weighted by Gasteiger charge is 2.17. The van der Waals surface area contributed by atoms with Gasteiger partial charge in [0.05, 0.1) is 5.52 Å². The van der Waals surface area contributed by atoms with E-state index in [9.17, 15) is 4.79 Å². The predicted molar refractivity (Wildman–Crippen MR) is 48.7 cm³/mol. The molecule has 0 radical (unpaired) electrons. The lowest BCUT2D eigenvalue weighted by Gasteiger charge is -2.08. The van der Waals surface area contributed by atoms with E-state index >= 15 is 0 Å². The van der Waals surface area contributed by atoms with E-state index in [0.29, 0.717) is 11.4 Å². The Kier molecular flexibility index (Phi) is 1.02. The predicted octanol–water partition coefficient (Wildman–Crippen LogP) is 2.26. The Morgan fingerprint density at radius 2 is 1.85 bits per heavy atom. The van der Waals surface area contributed by atoms with Gasteiger partial charge in [0, 0.05) is 5.39 Å². The third-order valence-electron chi connectivity index (χ3n) is 2.12. The van der Waals surface area contributed by atoms with E-state index in [0.717, 1.165) is 10.9 Å². The summed E-state index contributed by atoms with van der Waals surface area (Å²) in [5.74, 6) is 0. The molecule has 0 bridgehead atoms. The van der Waals surface area contributed by atoms with Gasteiger partial charge in [-0.2, -0.15) is 0 Å². The molecule has 2 aromatic rings. The van der Waals surface area contributed by atoms with Gasteiger partial charge >= 0.3 is 0 Å². The van der Waals surface area contributed by atoms with Gasteiger partial charge in [-0.1, -0.05) is 18.2 Å². The standard InChI is InChI=1S/C9H5N3O/c13-9-8-7(11-12-8)5-3-1-2-4-6(5)10-9/h1-4H,(H,10,13). The number of hydrogen-bond acceptors (Lipinski definition) is 3. The van der Waals surface area contributed by atoms with Crippen LogP contribution in [-0.4, -0.2) is 4.98 Å². The van der Waals surface area contributed by atoms with Crippen LogP contribution in [0.4, 0.5) is 11.4 Å². The fourth-order valence-electron chi connectivity index (χ4n) is 1.46. The molecule has 1 N–H and O–H groups in total. The van der Waals surface area contributed by atoms with Gasteiger partial charge in [0.15, 0.2) is 5.69 Å². The van der Waals surface area contributed by atoms with Crippen molar-refractivity contribution in [2.75, 3.05) is 0 Å². The van der Waals surface area contributed by atoms with Crippen molar-refractivity contribution in [1.29, 1.82) is 0 Å². The first-order valence-corrected chi connectivity index (χ1v) is 3.93. The minimum atomic E-state index is -0.163. The van der Waals surface area contributed by atoms with Gasteiger partial charge in [0.1, 0.15) is 5.69 Å². The number of azo groups is 1. The number of nitrogens with zero attached hydrogens (tertiary/aromatic N) is 2. The smallest absolute Gasteiger partial charge is 0.278 e. The number of benzene rings is 1. The van der Waals surface area contributed by atoms with E-state index in [1.54, 1.807) is 0 Å². The maximum Gasteiger partial charge on any atom is 0.278 e. The Hall–Kier alpha value is -1.97. The highest BCUT2D eigenvalue weighted by Crippen LogP contribution is 2.39. The Balaban J connectivity index is 2.60. The topological polar surface area (TPSA) is 57.6 Å². The molecule has 0 saturated carbocycles. The van der Waals surface area contributed by atoms with Gasteiger partial charge in [-0.25, -0.2) is 0 Å². The minimum absolute atomic E-state index is 0.163. The number of hydrogen-bond donors (Lipinski definition) is 1. The van der Waals surface area contributed by atoms with Gasteiger partial charge < -0.3 is 4.98 Å². The van der Waals surface area contributed by atoms with E-state index in [2.05, 4.69) is 15.2 Å². The molecule has 0 fully saturated rings. The van der Waals surface area contributed by atoms with Gasteiger partial charge in [-0.15, -0.1) is 10.2 Å². The summed E-state index contributed by atoms with van der Waals surface area (Å²) in [6.45, 7) is 0. The number of fused-ring (bicyclic) bond motifs is 3. The summed E-state index contributed by atoms with van der Waals surface area (Å²) in [5.41, 5.74) is 1.80. The first-order chi connectivity index (χ1) is 6.36. The average molecular weight is 171 g/mol. The van der Waals surface area contributed by atoms with Crippen LogP contribution in [0.1, 0.15) is 0 Å². The molecule has 1 aliphatic heterocycles. The van der Waals surface area contributed by atoms with Crippen molar-refractivity contribution in [3.8, 4) is 0 Å². The van der Waals surface area contributed by atoms with Crippen molar-refractivity contribution in [1.82, 2.24) is 4.98 Å². The molecule has 4 nitrogen and oxygen atoms in total. The Bertz CT molecular complexity index is 583. The van der Waals surface area contributed by atoms with E-state index in [1.807, 2.05) is 24.3 Å². The van der Waals surface area contributed by atoms with Crippen LogP contribution in [0, 0.1) is 0 Å². The third-order valence-corrected chi connectivity index (χ3v) is 2.12. The summed E-state index contributed by atoms with van der Waals surface area (Å²) >= 11 is 0. The zero-order chi connectivity index (χ0) is 8.84. The number of aromatic nitrogens is 1. The Labute approximate surface area is 72.9 Å². The van der Waals surface area contributed by atoms with Crippen LogP contribution >= 0.6 is 0 Å². The largest absolute Gasteiger partial charge is 0.320 e. The summed E-state index contributed by atoms with van der Waals surface area (Å²) in [4.78, 5) is 14.0. The Morgan fingerprint density at radius 1 is 1.08 bits per heavy atom. The zero-order valence-electron chi connectivity index (χ0n) is 6.61. The first kappa shape index (κ1) is 6.54. The molecule has 3 rings (SSSR count). The summed E-state index contributed by atoms with van der Waals surface area (Å²) in [5, 5.41) is 8.44. The highest BCUT2D eigenvalue weighted by molar-refractivity contribution is 5.96. The van der Waals surface area contributed by atoms with E-state index in [4.69, 9.17) is 0 Å². The molecule has 0 spiro atoms. The molecule has 0 atom stereocenters. The SMILES string of the molecule is O=c1[nH]c2ccccc2c2c1N=N2.